The standard InChI is InChI=1S/C13H21N3O2S/c1-11-7-3-2-6-10-16(11)19(17,18)13-9-5-4-8-12(13)15-14/h4-5,8-9,11,15H,2-3,6-7,10,14H2,1H3. The van der Waals surface area contributed by atoms with E-state index in [1.165, 1.54) is 0 Å². The molecule has 1 fully saturated rings. The Morgan fingerprint density at radius 1 is 1.26 bits per heavy atom. The first-order chi connectivity index (χ1) is 9.07. The van der Waals surface area contributed by atoms with Crippen LogP contribution in [0.15, 0.2) is 29.2 Å². The highest BCUT2D eigenvalue weighted by Crippen LogP contribution is 2.28. The Kier molecular flexibility index (Phi) is 4.44. The third kappa shape index (κ3) is 2.91. The van der Waals surface area contributed by atoms with Crippen LogP contribution in [0, 0.1) is 0 Å². The largest absolute Gasteiger partial charge is 0.323 e. The van der Waals surface area contributed by atoms with Gasteiger partial charge in [0, 0.05) is 12.6 Å². The summed E-state index contributed by atoms with van der Waals surface area (Å²) in [5, 5.41) is 0. The molecule has 3 N–H and O–H groups in total. The Morgan fingerprint density at radius 3 is 2.74 bits per heavy atom. The summed E-state index contributed by atoms with van der Waals surface area (Å²) >= 11 is 0. The lowest BCUT2D eigenvalue weighted by Crippen LogP contribution is -2.38. The van der Waals surface area contributed by atoms with Gasteiger partial charge in [-0.05, 0) is 31.9 Å². The summed E-state index contributed by atoms with van der Waals surface area (Å²) in [6.07, 6.45) is 4.01. The van der Waals surface area contributed by atoms with Crippen LogP contribution in [-0.2, 0) is 10.0 Å². The van der Waals surface area contributed by atoms with Gasteiger partial charge < -0.3 is 5.43 Å². The van der Waals surface area contributed by atoms with Crippen LogP contribution in [0.25, 0.3) is 0 Å². The first-order valence-corrected chi connectivity index (χ1v) is 8.09. The van der Waals surface area contributed by atoms with Crippen molar-refractivity contribution in [2.24, 2.45) is 5.84 Å². The highest BCUT2D eigenvalue weighted by atomic mass is 32.2. The molecule has 0 bridgehead atoms. The summed E-state index contributed by atoms with van der Waals surface area (Å²) in [6.45, 7) is 2.56. The molecule has 0 amide bonds. The predicted octanol–water partition coefficient (Wildman–Crippen LogP) is 1.93. The van der Waals surface area contributed by atoms with E-state index in [4.69, 9.17) is 5.84 Å². The summed E-state index contributed by atoms with van der Waals surface area (Å²) < 4.78 is 27.1. The number of para-hydroxylation sites is 1. The fourth-order valence-corrected chi connectivity index (χ4v) is 4.40. The lowest BCUT2D eigenvalue weighted by molar-refractivity contribution is 0.342. The number of nitrogens with two attached hydrogens (primary N) is 1. The fourth-order valence-electron chi connectivity index (χ4n) is 2.54. The number of nitrogens with zero attached hydrogens (tertiary/aromatic N) is 1. The second-order valence-electron chi connectivity index (χ2n) is 4.95. The van der Waals surface area contributed by atoms with Gasteiger partial charge in [0.1, 0.15) is 4.90 Å². The monoisotopic (exact) mass is 283 g/mol. The van der Waals surface area contributed by atoms with Gasteiger partial charge in [0.2, 0.25) is 10.0 Å². The van der Waals surface area contributed by atoms with Crippen molar-refractivity contribution in [1.29, 1.82) is 0 Å². The molecule has 1 heterocycles. The number of nitrogens with one attached hydrogen (secondary N) is 1. The molecule has 1 atom stereocenters. The normalized spacial score (nSPS) is 21.9. The molecule has 19 heavy (non-hydrogen) atoms. The maximum absolute atomic E-state index is 12.8. The lowest BCUT2D eigenvalue weighted by Gasteiger charge is -2.27. The average Bonchev–Trinajstić information content (AvgIpc) is 2.63. The van der Waals surface area contributed by atoms with Gasteiger partial charge >= 0.3 is 0 Å². The summed E-state index contributed by atoms with van der Waals surface area (Å²) in [7, 11) is -3.49. The van der Waals surface area contributed by atoms with Crippen molar-refractivity contribution >= 4 is 15.7 Å². The average molecular weight is 283 g/mol. The maximum Gasteiger partial charge on any atom is 0.245 e. The minimum Gasteiger partial charge on any atom is -0.323 e. The van der Waals surface area contributed by atoms with E-state index in [2.05, 4.69) is 5.43 Å². The molecule has 1 aliphatic rings. The van der Waals surface area contributed by atoms with Gasteiger partial charge in [0.05, 0.1) is 5.69 Å². The minimum atomic E-state index is -3.49. The molecule has 0 aromatic heterocycles. The Morgan fingerprint density at radius 2 is 2.00 bits per heavy atom. The van der Waals surface area contributed by atoms with Gasteiger partial charge in [-0.1, -0.05) is 25.0 Å². The van der Waals surface area contributed by atoms with Crippen molar-refractivity contribution in [3.8, 4) is 0 Å². The molecule has 1 aromatic carbocycles. The van der Waals surface area contributed by atoms with Gasteiger partial charge in [-0.15, -0.1) is 0 Å². The molecule has 1 aromatic rings. The first kappa shape index (κ1) is 14.3. The zero-order valence-corrected chi connectivity index (χ0v) is 12.0. The molecule has 1 saturated heterocycles. The highest BCUT2D eigenvalue weighted by molar-refractivity contribution is 7.89. The van der Waals surface area contributed by atoms with Gasteiger partial charge in [0.15, 0.2) is 0 Å². The fraction of sp³-hybridized carbons (Fsp3) is 0.538. The molecule has 1 unspecified atom stereocenters. The second kappa shape index (κ2) is 5.90. The van der Waals surface area contributed by atoms with Crippen molar-refractivity contribution < 1.29 is 8.42 Å². The van der Waals surface area contributed by atoms with E-state index in [9.17, 15) is 8.42 Å². The van der Waals surface area contributed by atoms with E-state index < -0.39 is 10.0 Å². The van der Waals surface area contributed by atoms with E-state index in [1.807, 2.05) is 6.92 Å². The minimum absolute atomic E-state index is 0.0401. The first-order valence-electron chi connectivity index (χ1n) is 6.65. The predicted molar refractivity (Wildman–Crippen MR) is 76.1 cm³/mol. The van der Waals surface area contributed by atoms with Crippen molar-refractivity contribution in [3.05, 3.63) is 24.3 Å². The Bertz CT molecular complexity index is 530. The van der Waals surface area contributed by atoms with Crippen LogP contribution in [0.4, 0.5) is 5.69 Å². The van der Waals surface area contributed by atoms with Crippen LogP contribution < -0.4 is 11.3 Å². The molecule has 2 rings (SSSR count). The highest BCUT2D eigenvalue weighted by Gasteiger charge is 2.31. The SMILES string of the molecule is CC1CCCCCN1S(=O)(=O)c1ccccc1NN. The zero-order valence-electron chi connectivity index (χ0n) is 11.2. The van der Waals surface area contributed by atoms with E-state index in [0.29, 0.717) is 12.2 Å². The molecule has 5 nitrogen and oxygen atoms in total. The van der Waals surface area contributed by atoms with Crippen LogP contribution in [0.2, 0.25) is 0 Å². The third-order valence-corrected chi connectivity index (χ3v) is 5.69. The zero-order chi connectivity index (χ0) is 13.9. The molecule has 1 aliphatic heterocycles. The molecule has 6 heteroatoms. The molecule has 0 aliphatic carbocycles. The number of benzene rings is 1. The van der Waals surface area contributed by atoms with E-state index in [-0.39, 0.29) is 10.9 Å². The molecular formula is C13H21N3O2S. The Hall–Kier alpha value is -1.11. The number of hydrazine groups is 1. The van der Waals surface area contributed by atoms with Gasteiger partial charge in [0.25, 0.3) is 0 Å². The number of hydrogen-bond donors (Lipinski definition) is 2. The van der Waals surface area contributed by atoms with Gasteiger partial charge in [-0.25, -0.2) is 8.42 Å². The summed E-state index contributed by atoms with van der Waals surface area (Å²) in [6, 6.07) is 6.80. The Balaban J connectivity index is 2.40. The van der Waals surface area contributed by atoms with E-state index >= 15 is 0 Å². The number of rotatable bonds is 3. The number of anilines is 1. The number of nitrogen functional groups attached to an aromatic ring is 1. The maximum atomic E-state index is 12.8. The number of sulfonamides is 1. The molecular weight excluding hydrogens is 262 g/mol. The quantitative estimate of drug-likeness (QED) is 0.656. The molecule has 0 spiro atoms. The third-order valence-electron chi connectivity index (χ3n) is 3.62. The summed E-state index contributed by atoms with van der Waals surface area (Å²) in [5.41, 5.74) is 2.91. The van der Waals surface area contributed by atoms with Crippen LogP contribution in [0.1, 0.15) is 32.6 Å². The summed E-state index contributed by atoms with van der Waals surface area (Å²) in [4.78, 5) is 0.256. The van der Waals surface area contributed by atoms with E-state index in [0.717, 1.165) is 25.7 Å². The van der Waals surface area contributed by atoms with E-state index in [1.54, 1.807) is 28.6 Å². The van der Waals surface area contributed by atoms with Crippen LogP contribution in [0.3, 0.4) is 0 Å². The molecule has 106 valence electrons. The van der Waals surface area contributed by atoms with Crippen LogP contribution >= 0.6 is 0 Å². The Labute approximate surface area is 114 Å². The van der Waals surface area contributed by atoms with Crippen LogP contribution in [0.5, 0.6) is 0 Å². The molecule has 0 radical (unpaired) electrons. The smallest absolute Gasteiger partial charge is 0.245 e. The van der Waals surface area contributed by atoms with Crippen molar-refractivity contribution in [1.82, 2.24) is 4.31 Å². The van der Waals surface area contributed by atoms with Gasteiger partial charge in [-0.3, -0.25) is 5.84 Å². The van der Waals surface area contributed by atoms with Crippen LogP contribution in [-0.4, -0.2) is 25.3 Å². The van der Waals surface area contributed by atoms with Crippen molar-refractivity contribution in [3.63, 3.8) is 0 Å². The topological polar surface area (TPSA) is 75.4 Å². The second-order valence-corrected chi connectivity index (χ2v) is 6.81. The number of hydrogen-bond acceptors (Lipinski definition) is 4. The van der Waals surface area contributed by atoms with Crippen molar-refractivity contribution in [2.45, 2.75) is 43.5 Å². The summed E-state index contributed by atoms with van der Waals surface area (Å²) in [5.74, 6) is 5.41. The van der Waals surface area contributed by atoms with Crippen molar-refractivity contribution in [2.75, 3.05) is 12.0 Å². The lowest BCUT2D eigenvalue weighted by atomic mass is 10.1. The molecule has 0 saturated carbocycles. The van der Waals surface area contributed by atoms with Gasteiger partial charge in [-0.2, -0.15) is 4.31 Å².